The standard InChI is InChI=1S/C25H36F3N5O/c1-3-18-10-15-32(16-18)33-22-20(23(33)34)7-8-21(31(22)2)30-14-9-19(29)6-4-5-11-24(12-13-24)17-25(26,27)28/h7-9,14,18,22,29-30H,3-6,10-13,15-17H2,1-2H3/b14-9-,29-19?. The number of alkyl halides is 3. The average Bonchev–Trinajstić information content (AvgIpc) is 3.35. The normalized spacial score (nSPS) is 26.3. The van der Waals surface area contributed by atoms with E-state index in [1.165, 1.54) is 0 Å². The first kappa shape index (κ1) is 24.8. The first-order valence-electron chi connectivity index (χ1n) is 12.4. The Kier molecular flexibility index (Phi) is 7.12. The number of nitrogens with one attached hydrogen (secondary N) is 2. The van der Waals surface area contributed by atoms with Gasteiger partial charge in [0.05, 0.1) is 5.57 Å². The Labute approximate surface area is 200 Å². The molecule has 1 amide bonds. The Morgan fingerprint density at radius 1 is 1.29 bits per heavy atom. The van der Waals surface area contributed by atoms with Gasteiger partial charge in [-0.3, -0.25) is 4.79 Å². The predicted octanol–water partition coefficient (Wildman–Crippen LogP) is 4.93. The molecule has 3 heterocycles. The molecule has 34 heavy (non-hydrogen) atoms. The molecule has 0 spiro atoms. The van der Waals surface area contributed by atoms with Crippen LogP contribution in [0.5, 0.6) is 0 Å². The lowest BCUT2D eigenvalue weighted by atomic mass is 9.94. The summed E-state index contributed by atoms with van der Waals surface area (Å²) in [7, 11) is 1.96. The van der Waals surface area contributed by atoms with Crippen LogP contribution >= 0.6 is 0 Å². The molecule has 6 nitrogen and oxygen atoms in total. The predicted molar refractivity (Wildman–Crippen MR) is 125 cm³/mol. The van der Waals surface area contributed by atoms with E-state index < -0.39 is 18.0 Å². The molecule has 1 saturated carbocycles. The largest absolute Gasteiger partial charge is 0.389 e. The highest BCUT2D eigenvalue weighted by Crippen LogP contribution is 2.56. The van der Waals surface area contributed by atoms with Crippen LogP contribution in [0.25, 0.3) is 0 Å². The minimum absolute atomic E-state index is 0.0736. The molecule has 188 valence electrons. The third kappa shape index (κ3) is 5.50. The zero-order valence-electron chi connectivity index (χ0n) is 20.1. The summed E-state index contributed by atoms with van der Waals surface area (Å²) < 4.78 is 38.0. The monoisotopic (exact) mass is 479 g/mol. The Balaban J connectivity index is 1.20. The lowest BCUT2D eigenvalue weighted by molar-refractivity contribution is -0.172. The average molecular weight is 480 g/mol. The summed E-state index contributed by atoms with van der Waals surface area (Å²) >= 11 is 0. The maximum absolute atomic E-state index is 12.7. The van der Waals surface area contributed by atoms with Crippen LogP contribution in [-0.2, 0) is 4.79 Å². The molecule has 3 aliphatic heterocycles. The Hall–Kier alpha value is -2.29. The van der Waals surface area contributed by atoms with Crippen molar-refractivity contribution in [2.75, 3.05) is 20.1 Å². The SMILES string of the molecule is CCC1CCN(N2C(=O)C3=CC=C(N/C=C\C(=N)CCCCC4(CC(F)(F)F)CC4)N(C)C32)C1. The second-order valence-electron chi connectivity index (χ2n) is 10.3. The molecular weight excluding hydrogens is 443 g/mol. The van der Waals surface area contributed by atoms with Gasteiger partial charge in [0.15, 0.2) is 6.17 Å². The number of carbonyl (C=O) groups excluding carboxylic acids is 1. The van der Waals surface area contributed by atoms with Crippen LogP contribution in [0.2, 0.25) is 0 Å². The number of carbonyl (C=O) groups is 1. The molecular formula is C25H36F3N5O. The van der Waals surface area contributed by atoms with Crippen LogP contribution in [0.15, 0.2) is 35.8 Å². The minimum atomic E-state index is -4.08. The lowest BCUT2D eigenvalue weighted by Gasteiger charge is -2.52. The quantitative estimate of drug-likeness (QED) is 0.251. The number of amides is 1. The molecule has 2 atom stereocenters. The molecule has 2 unspecified atom stereocenters. The summed E-state index contributed by atoms with van der Waals surface area (Å²) in [5.74, 6) is 1.56. The second-order valence-corrected chi connectivity index (χ2v) is 10.3. The van der Waals surface area contributed by atoms with Gasteiger partial charge >= 0.3 is 6.18 Å². The van der Waals surface area contributed by atoms with Gasteiger partial charge in [0, 0.05) is 38.5 Å². The van der Waals surface area contributed by atoms with Gasteiger partial charge in [-0.15, -0.1) is 0 Å². The highest BCUT2D eigenvalue weighted by Gasteiger charge is 2.51. The molecule has 0 bridgehead atoms. The molecule has 2 N–H and O–H groups in total. The third-order valence-electron chi connectivity index (χ3n) is 7.73. The molecule has 3 fully saturated rings. The molecule has 0 aromatic rings. The van der Waals surface area contributed by atoms with E-state index in [1.54, 1.807) is 12.3 Å². The number of likely N-dealkylation sites (N-methyl/N-ethyl adjacent to an activating group) is 1. The number of allylic oxidation sites excluding steroid dienone is 3. The maximum atomic E-state index is 12.7. The Morgan fingerprint density at radius 2 is 2.06 bits per heavy atom. The third-order valence-corrected chi connectivity index (χ3v) is 7.73. The van der Waals surface area contributed by atoms with Crippen LogP contribution < -0.4 is 5.32 Å². The molecule has 1 aliphatic carbocycles. The van der Waals surface area contributed by atoms with Crippen molar-refractivity contribution in [1.29, 1.82) is 5.41 Å². The first-order chi connectivity index (χ1) is 16.1. The van der Waals surface area contributed by atoms with Gasteiger partial charge in [-0.05, 0) is 68.1 Å². The Bertz CT molecular complexity index is 889. The number of hydrazine groups is 1. The van der Waals surface area contributed by atoms with Crippen molar-refractivity contribution >= 4 is 11.6 Å². The first-order valence-corrected chi connectivity index (χ1v) is 12.4. The highest BCUT2D eigenvalue weighted by atomic mass is 19.4. The smallest absolute Gasteiger partial charge is 0.348 e. The van der Waals surface area contributed by atoms with Gasteiger partial charge in [-0.1, -0.05) is 19.8 Å². The molecule has 0 aromatic heterocycles. The molecule has 4 aliphatic rings. The minimum Gasteiger partial charge on any atom is -0.348 e. The summed E-state index contributed by atoms with van der Waals surface area (Å²) in [6.07, 6.45) is 8.52. The van der Waals surface area contributed by atoms with Crippen LogP contribution in [0.1, 0.15) is 64.7 Å². The van der Waals surface area contributed by atoms with Crippen molar-refractivity contribution in [2.24, 2.45) is 11.3 Å². The van der Waals surface area contributed by atoms with Crippen molar-refractivity contribution < 1.29 is 18.0 Å². The zero-order valence-corrected chi connectivity index (χ0v) is 20.1. The number of β-lactam (4-membered cyclic amide) rings is 1. The van der Waals surface area contributed by atoms with Gasteiger partial charge in [0.1, 0.15) is 5.82 Å². The highest BCUT2D eigenvalue weighted by molar-refractivity contribution is 6.02. The van der Waals surface area contributed by atoms with Crippen molar-refractivity contribution in [2.45, 2.75) is 77.1 Å². The van der Waals surface area contributed by atoms with E-state index in [9.17, 15) is 18.0 Å². The van der Waals surface area contributed by atoms with Gasteiger partial charge in [0.25, 0.3) is 5.91 Å². The Morgan fingerprint density at radius 3 is 2.71 bits per heavy atom. The zero-order chi connectivity index (χ0) is 24.5. The number of nitrogens with zero attached hydrogens (tertiary/aromatic N) is 3. The van der Waals surface area contributed by atoms with Gasteiger partial charge < -0.3 is 15.6 Å². The second kappa shape index (κ2) is 9.76. The summed E-state index contributed by atoms with van der Waals surface area (Å²) in [4.78, 5) is 14.7. The van der Waals surface area contributed by atoms with Crippen molar-refractivity contribution in [1.82, 2.24) is 20.2 Å². The van der Waals surface area contributed by atoms with E-state index in [4.69, 9.17) is 5.41 Å². The van der Waals surface area contributed by atoms with E-state index in [0.717, 1.165) is 50.2 Å². The fourth-order valence-electron chi connectivity index (χ4n) is 5.39. The van der Waals surface area contributed by atoms with E-state index >= 15 is 0 Å². The number of fused-ring (bicyclic) bond motifs is 1. The maximum Gasteiger partial charge on any atom is 0.389 e. The van der Waals surface area contributed by atoms with Crippen LogP contribution in [0.4, 0.5) is 13.2 Å². The number of halogens is 3. The summed E-state index contributed by atoms with van der Waals surface area (Å²) in [6.45, 7) is 4.01. The van der Waals surface area contributed by atoms with Crippen molar-refractivity contribution in [3.05, 3.63) is 35.8 Å². The van der Waals surface area contributed by atoms with Crippen molar-refractivity contribution in [3.8, 4) is 0 Å². The number of unbranched alkanes of at least 4 members (excludes halogenated alkanes) is 1. The topological polar surface area (TPSA) is 62.7 Å². The fourth-order valence-corrected chi connectivity index (χ4v) is 5.39. The van der Waals surface area contributed by atoms with Crippen LogP contribution in [-0.4, -0.2) is 59.0 Å². The van der Waals surface area contributed by atoms with E-state index in [0.29, 0.717) is 37.3 Å². The van der Waals surface area contributed by atoms with Crippen LogP contribution in [0, 0.1) is 16.7 Å². The van der Waals surface area contributed by atoms with Gasteiger partial charge in [-0.25, -0.2) is 10.0 Å². The molecule has 0 radical (unpaired) electrons. The summed E-state index contributed by atoms with van der Waals surface area (Å²) in [5, 5.41) is 15.4. The van der Waals surface area contributed by atoms with Gasteiger partial charge in [-0.2, -0.15) is 13.2 Å². The molecule has 2 saturated heterocycles. The van der Waals surface area contributed by atoms with Gasteiger partial charge in [0.2, 0.25) is 0 Å². The fraction of sp³-hybridized carbons (Fsp3) is 0.680. The summed E-state index contributed by atoms with van der Waals surface area (Å²) in [5.41, 5.74) is 0.723. The molecule has 9 heteroatoms. The number of rotatable bonds is 11. The van der Waals surface area contributed by atoms with Crippen LogP contribution in [0.3, 0.4) is 0 Å². The molecule has 0 aromatic carbocycles. The number of hydrogen-bond donors (Lipinski definition) is 2. The van der Waals surface area contributed by atoms with E-state index in [-0.39, 0.29) is 12.1 Å². The summed E-state index contributed by atoms with van der Waals surface area (Å²) in [6, 6.07) is 0. The van der Waals surface area contributed by atoms with E-state index in [1.807, 2.05) is 29.1 Å². The van der Waals surface area contributed by atoms with Crippen molar-refractivity contribution in [3.63, 3.8) is 0 Å². The van der Waals surface area contributed by atoms with E-state index in [2.05, 4.69) is 17.2 Å². The lowest BCUT2D eigenvalue weighted by Crippen LogP contribution is -2.68. The number of hydrogen-bond acceptors (Lipinski definition) is 5. The molecule has 4 rings (SSSR count).